The van der Waals surface area contributed by atoms with Gasteiger partial charge in [-0.05, 0) is 11.6 Å². The van der Waals surface area contributed by atoms with E-state index in [0.29, 0.717) is 18.4 Å². The second kappa shape index (κ2) is 2.52. The van der Waals surface area contributed by atoms with Crippen LogP contribution < -0.4 is 4.90 Å². The van der Waals surface area contributed by atoms with Gasteiger partial charge in [-0.25, -0.2) is 0 Å². The van der Waals surface area contributed by atoms with E-state index in [1.165, 1.54) is 0 Å². The predicted molar refractivity (Wildman–Crippen MR) is 45.7 cm³/mol. The number of nitrogens with zero attached hydrogens (tertiary/aromatic N) is 4. The van der Waals surface area contributed by atoms with Gasteiger partial charge in [-0.15, -0.1) is 0 Å². The number of halogens is 1. The topological polar surface area (TPSA) is 51.1 Å². The van der Waals surface area contributed by atoms with Gasteiger partial charge in [0.05, 0.1) is 13.2 Å². The SMILES string of the molecule is Clc1nc2nc(n1)N1CCOC2C1. The summed E-state index contributed by atoms with van der Waals surface area (Å²) in [6.07, 6.45) is -0.0262. The molecule has 1 saturated heterocycles. The molecule has 4 bridgehead atoms. The second-order valence-electron chi connectivity index (χ2n) is 3.07. The van der Waals surface area contributed by atoms with E-state index in [2.05, 4.69) is 19.9 Å². The van der Waals surface area contributed by atoms with Crippen LogP contribution in [0, 0.1) is 0 Å². The average molecular weight is 199 g/mol. The Hall–Kier alpha value is -0.940. The Balaban J connectivity index is 2.16. The molecule has 1 unspecified atom stereocenters. The van der Waals surface area contributed by atoms with Gasteiger partial charge in [0.2, 0.25) is 11.2 Å². The first kappa shape index (κ1) is 7.46. The maximum Gasteiger partial charge on any atom is 0.230 e. The van der Waals surface area contributed by atoms with Crippen LogP contribution in [-0.4, -0.2) is 34.6 Å². The van der Waals surface area contributed by atoms with Gasteiger partial charge in [0, 0.05) is 6.54 Å². The highest BCUT2D eigenvalue weighted by molar-refractivity contribution is 6.28. The molecule has 0 saturated carbocycles. The summed E-state index contributed by atoms with van der Waals surface area (Å²) in [6, 6.07) is 0. The van der Waals surface area contributed by atoms with Crippen LogP contribution in [0.2, 0.25) is 5.28 Å². The van der Waals surface area contributed by atoms with Crippen molar-refractivity contribution in [2.45, 2.75) is 6.10 Å². The fourth-order valence-corrected chi connectivity index (χ4v) is 1.79. The fourth-order valence-electron chi connectivity index (χ4n) is 1.63. The van der Waals surface area contributed by atoms with Crippen molar-refractivity contribution in [3.63, 3.8) is 0 Å². The van der Waals surface area contributed by atoms with E-state index >= 15 is 0 Å². The molecule has 68 valence electrons. The van der Waals surface area contributed by atoms with Gasteiger partial charge < -0.3 is 9.64 Å². The molecule has 2 aliphatic heterocycles. The molecule has 1 atom stereocenters. The molecule has 0 radical (unpaired) electrons. The third-order valence-corrected chi connectivity index (χ3v) is 2.42. The summed E-state index contributed by atoms with van der Waals surface area (Å²) in [4.78, 5) is 14.3. The van der Waals surface area contributed by atoms with E-state index < -0.39 is 0 Å². The van der Waals surface area contributed by atoms with Crippen LogP contribution in [0.25, 0.3) is 0 Å². The molecule has 0 amide bonds. The molecule has 6 heteroatoms. The van der Waals surface area contributed by atoms with E-state index in [-0.39, 0.29) is 11.4 Å². The Bertz CT molecular complexity index is 330. The first-order valence-corrected chi connectivity index (χ1v) is 4.49. The van der Waals surface area contributed by atoms with Crippen LogP contribution in [0.1, 0.15) is 11.9 Å². The number of hydrogen-bond donors (Lipinski definition) is 0. The Morgan fingerprint density at radius 3 is 3.23 bits per heavy atom. The quantitative estimate of drug-likeness (QED) is 0.605. The van der Waals surface area contributed by atoms with Crippen molar-refractivity contribution < 1.29 is 4.74 Å². The number of anilines is 1. The molecule has 1 aromatic rings. The van der Waals surface area contributed by atoms with E-state index in [0.717, 1.165) is 13.1 Å². The first-order chi connectivity index (χ1) is 6.33. The van der Waals surface area contributed by atoms with Crippen molar-refractivity contribution in [2.24, 2.45) is 0 Å². The van der Waals surface area contributed by atoms with Crippen LogP contribution in [0.5, 0.6) is 0 Å². The van der Waals surface area contributed by atoms with Crippen LogP contribution in [0.15, 0.2) is 0 Å². The molecule has 3 rings (SSSR count). The van der Waals surface area contributed by atoms with Crippen molar-refractivity contribution in [3.8, 4) is 0 Å². The fraction of sp³-hybridized carbons (Fsp3) is 0.571. The minimum absolute atomic E-state index is 0.0262. The van der Waals surface area contributed by atoms with Gasteiger partial charge in [0.1, 0.15) is 6.10 Å². The molecule has 1 fully saturated rings. The minimum atomic E-state index is -0.0262. The van der Waals surface area contributed by atoms with Gasteiger partial charge in [-0.1, -0.05) is 0 Å². The van der Waals surface area contributed by atoms with E-state index in [1.807, 2.05) is 0 Å². The van der Waals surface area contributed by atoms with Gasteiger partial charge >= 0.3 is 0 Å². The Morgan fingerprint density at radius 2 is 2.31 bits per heavy atom. The standard InChI is InChI=1S/C7H7ClN4O/c8-6-9-5-4-3-12(1-2-13-4)7(10-5)11-6/h4H,1-3H2. The summed E-state index contributed by atoms with van der Waals surface area (Å²) in [5.41, 5.74) is 0. The lowest BCUT2D eigenvalue weighted by Crippen LogP contribution is -2.43. The summed E-state index contributed by atoms with van der Waals surface area (Å²) in [6.45, 7) is 2.33. The number of fused-ring (bicyclic) bond motifs is 6. The number of hydrogen-bond acceptors (Lipinski definition) is 5. The predicted octanol–water partition coefficient (Wildman–Crippen LogP) is 0.416. The first-order valence-electron chi connectivity index (χ1n) is 4.11. The lowest BCUT2D eigenvalue weighted by molar-refractivity contribution is 0.0283. The Kier molecular flexibility index (Phi) is 1.45. The Labute approximate surface area is 79.7 Å². The van der Waals surface area contributed by atoms with Crippen LogP contribution in [0.3, 0.4) is 0 Å². The molecule has 0 aromatic carbocycles. The molecule has 5 nitrogen and oxygen atoms in total. The molecular formula is C7H7ClN4O. The van der Waals surface area contributed by atoms with E-state index in [1.54, 1.807) is 0 Å². The van der Waals surface area contributed by atoms with Crippen LogP contribution in [-0.2, 0) is 4.74 Å². The molecule has 0 aliphatic carbocycles. The molecule has 3 heterocycles. The van der Waals surface area contributed by atoms with Crippen LogP contribution >= 0.6 is 11.6 Å². The summed E-state index contributed by atoms with van der Waals surface area (Å²) in [5, 5.41) is 0.250. The van der Waals surface area contributed by atoms with Gasteiger partial charge in [0.15, 0.2) is 5.82 Å². The highest BCUT2D eigenvalue weighted by Gasteiger charge is 2.31. The second-order valence-corrected chi connectivity index (χ2v) is 3.41. The average Bonchev–Trinajstić information content (AvgIpc) is 2.16. The van der Waals surface area contributed by atoms with Crippen molar-refractivity contribution >= 4 is 17.5 Å². The highest BCUT2D eigenvalue weighted by Crippen LogP contribution is 2.28. The maximum absolute atomic E-state index is 5.73. The third kappa shape index (κ3) is 1.08. The summed E-state index contributed by atoms with van der Waals surface area (Å²) in [5.74, 6) is 1.33. The summed E-state index contributed by atoms with van der Waals surface area (Å²) >= 11 is 5.73. The number of morpholine rings is 1. The number of rotatable bonds is 0. The number of ether oxygens (including phenoxy) is 1. The zero-order chi connectivity index (χ0) is 8.84. The normalized spacial score (nSPS) is 24.7. The van der Waals surface area contributed by atoms with E-state index in [9.17, 15) is 0 Å². The molecule has 0 N–H and O–H groups in total. The lowest BCUT2D eigenvalue weighted by atomic mass is 10.2. The Morgan fingerprint density at radius 1 is 1.38 bits per heavy atom. The van der Waals surface area contributed by atoms with Gasteiger partial charge in [-0.2, -0.15) is 15.0 Å². The van der Waals surface area contributed by atoms with Crippen molar-refractivity contribution in [1.82, 2.24) is 15.0 Å². The monoisotopic (exact) mass is 198 g/mol. The van der Waals surface area contributed by atoms with Gasteiger partial charge in [0.25, 0.3) is 0 Å². The van der Waals surface area contributed by atoms with Crippen LogP contribution in [0.4, 0.5) is 5.95 Å². The maximum atomic E-state index is 5.73. The van der Waals surface area contributed by atoms with Crippen molar-refractivity contribution in [2.75, 3.05) is 24.6 Å². The highest BCUT2D eigenvalue weighted by atomic mass is 35.5. The lowest BCUT2D eigenvalue weighted by Gasteiger charge is -2.35. The minimum Gasteiger partial charge on any atom is -0.366 e. The molecule has 1 aromatic heterocycles. The summed E-state index contributed by atoms with van der Waals surface area (Å²) < 4.78 is 5.49. The van der Waals surface area contributed by atoms with Gasteiger partial charge in [-0.3, -0.25) is 0 Å². The van der Waals surface area contributed by atoms with Crippen molar-refractivity contribution in [1.29, 1.82) is 0 Å². The largest absolute Gasteiger partial charge is 0.366 e. The zero-order valence-electron chi connectivity index (χ0n) is 6.77. The van der Waals surface area contributed by atoms with Crippen molar-refractivity contribution in [3.05, 3.63) is 11.1 Å². The molecular weight excluding hydrogens is 192 g/mol. The third-order valence-electron chi connectivity index (χ3n) is 2.25. The zero-order valence-corrected chi connectivity index (χ0v) is 7.53. The number of aromatic nitrogens is 3. The smallest absolute Gasteiger partial charge is 0.230 e. The molecule has 2 aliphatic rings. The molecule has 13 heavy (non-hydrogen) atoms. The summed E-state index contributed by atoms with van der Waals surface area (Å²) in [7, 11) is 0. The van der Waals surface area contributed by atoms with E-state index in [4.69, 9.17) is 16.3 Å². The molecule has 0 spiro atoms.